The first kappa shape index (κ1) is 18.9. The number of nitrogens with one attached hydrogen (secondary N) is 2. The maximum atomic E-state index is 12.4. The first-order chi connectivity index (χ1) is 12.9. The summed E-state index contributed by atoms with van der Waals surface area (Å²) in [7, 11) is 1.56. The minimum atomic E-state index is -0.257. The molecular weight excluding hydrogens is 366 g/mol. The van der Waals surface area contributed by atoms with Crippen LogP contribution in [0, 0.1) is 5.92 Å². The van der Waals surface area contributed by atoms with Crippen LogP contribution in [-0.2, 0) is 11.3 Å². The molecule has 1 aromatic heterocycles. The zero-order valence-electron chi connectivity index (χ0n) is 15.3. The predicted molar refractivity (Wildman–Crippen MR) is 106 cm³/mol. The van der Waals surface area contributed by atoms with Crippen LogP contribution in [0.5, 0.6) is 5.75 Å². The van der Waals surface area contributed by atoms with Crippen LogP contribution < -0.4 is 15.6 Å². The molecule has 0 unspecified atom stereocenters. The summed E-state index contributed by atoms with van der Waals surface area (Å²) in [5.41, 5.74) is 1.71. The van der Waals surface area contributed by atoms with Crippen LogP contribution in [0.1, 0.15) is 19.4 Å². The van der Waals surface area contributed by atoms with Gasteiger partial charge in [-0.3, -0.25) is 9.59 Å². The van der Waals surface area contributed by atoms with Crippen molar-refractivity contribution in [2.75, 3.05) is 7.11 Å². The lowest BCUT2D eigenvalue weighted by Crippen LogP contribution is -2.27. The Bertz CT molecular complexity index is 1060. The highest BCUT2D eigenvalue weighted by molar-refractivity contribution is 6.33. The molecule has 0 radical (unpaired) electrons. The normalized spacial score (nSPS) is 11.0. The lowest BCUT2D eigenvalue weighted by Gasteiger charge is -2.11. The number of fused-ring (bicyclic) bond motifs is 1. The zero-order valence-corrected chi connectivity index (χ0v) is 16.1. The largest absolute Gasteiger partial charge is 0.497 e. The molecule has 7 heteroatoms. The summed E-state index contributed by atoms with van der Waals surface area (Å²) in [5.74, 6) is 0.853. The smallest absolute Gasteiger partial charge is 0.259 e. The molecule has 0 aliphatic heterocycles. The number of carbonyl (C=O) groups is 1. The van der Waals surface area contributed by atoms with Gasteiger partial charge in [0.05, 0.1) is 23.0 Å². The van der Waals surface area contributed by atoms with Crippen LogP contribution in [0.2, 0.25) is 5.02 Å². The number of rotatable bonds is 5. The molecule has 0 aliphatic carbocycles. The monoisotopic (exact) mass is 385 g/mol. The standard InChI is InChI=1S/C20H20ClN3O3/c1-11(2)19(25)22-10-12-4-7-16(21)15(8-12)18-23-17-9-13(27-3)5-6-14(17)20(26)24-18/h4-9,11H,10H2,1-3H3,(H,22,25)(H,23,24,26). The number of halogens is 1. The number of methoxy groups -OCH3 is 1. The molecule has 1 amide bonds. The Morgan fingerprint density at radius 2 is 2.04 bits per heavy atom. The van der Waals surface area contributed by atoms with Crippen molar-refractivity contribution in [2.24, 2.45) is 5.92 Å². The molecule has 0 spiro atoms. The summed E-state index contributed by atoms with van der Waals surface area (Å²) in [6.45, 7) is 4.04. The van der Waals surface area contributed by atoms with Gasteiger partial charge < -0.3 is 15.0 Å². The first-order valence-electron chi connectivity index (χ1n) is 8.53. The Labute approximate surface area is 161 Å². The van der Waals surface area contributed by atoms with Crippen LogP contribution in [0.25, 0.3) is 22.3 Å². The fourth-order valence-corrected chi connectivity index (χ4v) is 2.84. The van der Waals surface area contributed by atoms with Gasteiger partial charge in [-0.25, -0.2) is 4.98 Å². The molecule has 1 heterocycles. The number of aromatic nitrogens is 2. The van der Waals surface area contributed by atoms with Crippen LogP contribution in [-0.4, -0.2) is 23.0 Å². The quantitative estimate of drug-likeness (QED) is 0.703. The van der Waals surface area contributed by atoms with Crippen molar-refractivity contribution in [3.63, 3.8) is 0 Å². The third kappa shape index (κ3) is 4.11. The third-order valence-electron chi connectivity index (χ3n) is 4.19. The summed E-state index contributed by atoms with van der Waals surface area (Å²) in [6.07, 6.45) is 0. The van der Waals surface area contributed by atoms with Crippen molar-refractivity contribution in [1.82, 2.24) is 15.3 Å². The highest BCUT2D eigenvalue weighted by atomic mass is 35.5. The Morgan fingerprint density at radius 3 is 2.74 bits per heavy atom. The molecule has 27 heavy (non-hydrogen) atoms. The second-order valence-electron chi connectivity index (χ2n) is 6.48. The second kappa shape index (κ2) is 7.80. The summed E-state index contributed by atoms with van der Waals surface area (Å²) in [5, 5.41) is 3.79. The van der Waals surface area contributed by atoms with Crippen molar-refractivity contribution in [3.05, 3.63) is 57.3 Å². The SMILES string of the molecule is COc1ccc2c(=O)[nH]c(-c3cc(CNC(=O)C(C)C)ccc3Cl)nc2c1. The van der Waals surface area contributed by atoms with Gasteiger partial charge in [-0.05, 0) is 29.8 Å². The van der Waals surface area contributed by atoms with E-state index in [2.05, 4.69) is 15.3 Å². The summed E-state index contributed by atoms with van der Waals surface area (Å²) in [6, 6.07) is 10.5. The number of ether oxygens (including phenoxy) is 1. The first-order valence-corrected chi connectivity index (χ1v) is 8.91. The molecule has 0 fully saturated rings. The number of carbonyl (C=O) groups excluding carboxylic acids is 1. The summed E-state index contributed by atoms with van der Waals surface area (Å²) < 4.78 is 5.21. The van der Waals surface area contributed by atoms with Crippen LogP contribution >= 0.6 is 11.6 Å². The van der Waals surface area contributed by atoms with E-state index >= 15 is 0 Å². The van der Waals surface area contributed by atoms with E-state index in [9.17, 15) is 9.59 Å². The number of hydrogen-bond acceptors (Lipinski definition) is 4. The van der Waals surface area contributed by atoms with Gasteiger partial charge in [0.25, 0.3) is 5.56 Å². The Hall–Kier alpha value is -2.86. The number of hydrogen-bond donors (Lipinski definition) is 2. The fourth-order valence-electron chi connectivity index (χ4n) is 2.63. The van der Waals surface area contributed by atoms with Gasteiger partial charge in [0.2, 0.25) is 5.91 Å². The highest BCUT2D eigenvalue weighted by Crippen LogP contribution is 2.27. The van der Waals surface area contributed by atoms with E-state index in [-0.39, 0.29) is 17.4 Å². The molecule has 0 atom stereocenters. The molecule has 0 bridgehead atoms. The minimum absolute atomic E-state index is 0.0316. The van der Waals surface area contributed by atoms with E-state index in [1.54, 1.807) is 31.4 Å². The van der Waals surface area contributed by atoms with Gasteiger partial charge in [-0.15, -0.1) is 0 Å². The second-order valence-corrected chi connectivity index (χ2v) is 6.89. The topological polar surface area (TPSA) is 84.1 Å². The Balaban J connectivity index is 2.01. The molecule has 0 saturated heterocycles. The maximum absolute atomic E-state index is 12.4. The van der Waals surface area contributed by atoms with E-state index in [4.69, 9.17) is 16.3 Å². The molecule has 0 aliphatic rings. The molecular formula is C20H20ClN3O3. The molecule has 140 valence electrons. The van der Waals surface area contributed by atoms with Gasteiger partial charge >= 0.3 is 0 Å². The fraction of sp³-hybridized carbons (Fsp3) is 0.250. The van der Waals surface area contributed by atoms with E-state index in [0.717, 1.165) is 5.56 Å². The summed E-state index contributed by atoms with van der Waals surface area (Å²) >= 11 is 6.33. The maximum Gasteiger partial charge on any atom is 0.259 e. The minimum Gasteiger partial charge on any atom is -0.497 e. The Kier molecular flexibility index (Phi) is 5.46. The van der Waals surface area contributed by atoms with Crippen molar-refractivity contribution in [3.8, 4) is 17.1 Å². The molecule has 0 saturated carbocycles. The highest BCUT2D eigenvalue weighted by Gasteiger charge is 2.12. The lowest BCUT2D eigenvalue weighted by atomic mass is 10.1. The number of amides is 1. The molecule has 6 nitrogen and oxygen atoms in total. The number of H-pyrrole nitrogens is 1. The molecule has 3 aromatic rings. The lowest BCUT2D eigenvalue weighted by molar-refractivity contribution is -0.124. The number of benzene rings is 2. The average molecular weight is 386 g/mol. The van der Waals surface area contributed by atoms with Crippen molar-refractivity contribution in [2.45, 2.75) is 20.4 Å². The number of aromatic amines is 1. The van der Waals surface area contributed by atoms with E-state index in [1.165, 1.54) is 0 Å². The van der Waals surface area contributed by atoms with Gasteiger partial charge in [0.15, 0.2) is 0 Å². The summed E-state index contributed by atoms with van der Waals surface area (Å²) in [4.78, 5) is 31.5. The third-order valence-corrected chi connectivity index (χ3v) is 4.52. The van der Waals surface area contributed by atoms with Gasteiger partial charge in [-0.1, -0.05) is 31.5 Å². The van der Waals surface area contributed by atoms with Crippen LogP contribution in [0.15, 0.2) is 41.2 Å². The average Bonchev–Trinajstić information content (AvgIpc) is 2.66. The van der Waals surface area contributed by atoms with Crippen molar-refractivity contribution >= 4 is 28.4 Å². The molecule has 3 rings (SSSR count). The van der Waals surface area contributed by atoms with Gasteiger partial charge in [-0.2, -0.15) is 0 Å². The van der Waals surface area contributed by atoms with E-state index in [0.29, 0.717) is 39.6 Å². The van der Waals surface area contributed by atoms with Crippen molar-refractivity contribution in [1.29, 1.82) is 0 Å². The molecule has 2 N–H and O–H groups in total. The van der Waals surface area contributed by atoms with Gasteiger partial charge in [0, 0.05) is 24.1 Å². The predicted octanol–water partition coefficient (Wildman–Crippen LogP) is 3.52. The number of nitrogens with zero attached hydrogens (tertiary/aromatic N) is 1. The van der Waals surface area contributed by atoms with Gasteiger partial charge in [0.1, 0.15) is 11.6 Å². The van der Waals surface area contributed by atoms with Crippen molar-refractivity contribution < 1.29 is 9.53 Å². The van der Waals surface area contributed by atoms with Crippen LogP contribution in [0.3, 0.4) is 0 Å². The van der Waals surface area contributed by atoms with E-state index < -0.39 is 0 Å². The Morgan fingerprint density at radius 1 is 1.26 bits per heavy atom. The van der Waals surface area contributed by atoms with Crippen LogP contribution in [0.4, 0.5) is 0 Å². The zero-order chi connectivity index (χ0) is 19.6. The van der Waals surface area contributed by atoms with E-state index in [1.807, 2.05) is 26.0 Å². The molecule has 2 aromatic carbocycles.